The van der Waals surface area contributed by atoms with Crippen molar-refractivity contribution < 1.29 is 35.9 Å². The zero-order valence-electron chi connectivity index (χ0n) is 37.9. The number of hydrogen-bond acceptors (Lipinski definition) is 15. The lowest BCUT2D eigenvalue weighted by Crippen LogP contribution is -2.04. The first-order valence-corrected chi connectivity index (χ1v) is 24.0. The predicted octanol–water partition coefficient (Wildman–Crippen LogP) is 15.1. The smallest absolute Gasteiger partial charge is 0.296 e. The Bertz CT molecular complexity index is 3710. The number of phenolic OH excluding ortho intramolecular Hbond substituents is 1. The molecule has 0 fully saturated rings. The van der Waals surface area contributed by atoms with Gasteiger partial charge in [-0.1, -0.05) is 36.4 Å². The minimum atomic E-state index is -4.81. The summed E-state index contributed by atoms with van der Waals surface area (Å²) in [6.45, 7) is 11.1. The standard InChI is InChI=1S/C50H43N9O8S2/c1-28-20-42(29(2)19-41(28)52-51-40-18-15-35-25-36(16-17-38(35)50(40)60)59-67-37-12-8-7-9-13-37)53-54-43-21-31(4)44(22-30(43)3)55-56-45-23-33(6)46(24-32(45)5)57-58-47-27-39-34(26-49(47)69(64,65)66)11-10-14-48(39)68(61,62)63/h7-27,59-60H,1-6H3,(H,61,62,63)(H,64,65,66). The molecule has 0 spiro atoms. The number of para-hydroxylation sites is 1. The molecule has 0 heterocycles. The maximum atomic E-state index is 12.3. The molecular formula is C50H43N9O8S2. The fourth-order valence-corrected chi connectivity index (χ4v) is 8.61. The van der Waals surface area contributed by atoms with Crippen molar-refractivity contribution in [2.75, 3.05) is 5.48 Å². The van der Waals surface area contributed by atoms with Gasteiger partial charge in [0.25, 0.3) is 20.2 Å². The van der Waals surface area contributed by atoms with Crippen LogP contribution in [0, 0.1) is 41.5 Å². The van der Waals surface area contributed by atoms with E-state index in [9.17, 15) is 31.0 Å². The predicted molar refractivity (Wildman–Crippen MR) is 264 cm³/mol. The number of aryl methyl sites for hydroxylation is 6. The average molecular weight is 962 g/mol. The van der Waals surface area contributed by atoms with Crippen molar-refractivity contribution in [2.24, 2.45) is 40.9 Å². The number of fused-ring (bicyclic) bond motifs is 2. The van der Waals surface area contributed by atoms with Gasteiger partial charge in [0.15, 0.2) is 11.5 Å². The van der Waals surface area contributed by atoms with Crippen molar-refractivity contribution in [1.29, 1.82) is 0 Å². The van der Waals surface area contributed by atoms with Crippen LogP contribution in [0.15, 0.2) is 178 Å². The van der Waals surface area contributed by atoms with E-state index in [2.05, 4.69) is 46.4 Å². The Hall–Kier alpha value is -8.10. The molecule has 0 aromatic heterocycles. The Kier molecular flexibility index (Phi) is 13.2. The third kappa shape index (κ3) is 10.7. The van der Waals surface area contributed by atoms with Gasteiger partial charge in [-0.25, -0.2) is 5.48 Å². The van der Waals surface area contributed by atoms with Gasteiger partial charge in [0, 0.05) is 10.8 Å². The Balaban J connectivity index is 0.955. The van der Waals surface area contributed by atoms with Gasteiger partial charge in [-0.2, -0.15) is 47.5 Å². The van der Waals surface area contributed by atoms with Gasteiger partial charge in [-0.05, 0) is 177 Å². The van der Waals surface area contributed by atoms with Gasteiger partial charge in [0.2, 0.25) is 0 Å². The molecule has 69 heavy (non-hydrogen) atoms. The van der Waals surface area contributed by atoms with Crippen LogP contribution >= 0.6 is 0 Å². The van der Waals surface area contributed by atoms with Gasteiger partial charge < -0.3 is 9.94 Å². The Morgan fingerprint density at radius 1 is 0.406 bits per heavy atom. The number of anilines is 1. The molecule has 0 amide bonds. The van der Waals surface area contributed by atoms with E-state index in [-0.39, 0.29) is 22.2 Å². The molecule has 0 aliphatic rings. The maximum Gasteiger partial charge on any atom is 0.296 e. The molecule has 0 aliphatic heterocycles. The van der Waals surface area contributed by atoms with Gasteiger partial charge in [0.1, 0.15) is 21.2 Å². The molecule has 0 aliphatic carbocycles. The number of azo groups is 4. The zero-order chi connectivity index (χ0) is 49.2. The summed E-state index contributed by atoms with van der Waals surface area (Å²) in [7, 11) is -9.48. The van der Waals surface area contributed by atoms with Crippen molar-refractivity contribution >= 4 is 93.0 Å². The summed E-state index contributed by atoms with van der Waals surface area (Å²) >= 11 is 0. The van der Waals surface area contributed by atoms with Crippen LogP contribution in [0.5, 0.6) is 11.5 Å². The molecule has 0 bridgehead atoms. The first-order valence-electron chi connectivity index (χ1n) is 21.1. The van der Waals surface area contributed by atoms with E-state index in [1.54, 1.807) is 44.2 Å². The molecule has 348 valence electrons. The number of nitrogens with zero attached hydrogens (tertiary/aromatic N) is 8. The number of rotatable bonds is 13. The fourth-order valence-electron chi connectivity index (χ4n) is 7.26. The van der Waals surface area contributed by atoms with Gasteiger partial charge in [0.05, 0.1) is 39.8 Å². The highest BCUT2D eigenvalue weighted by atomic mass is 32.2. The topological polar surface area (TPSA) is 249 Å². The Morgan fingerprint density at radius 3 is 1.30 bits per heavy atom. The van der Waals surface area contributed by atoms with Gasteiger partial charge in [-0.3, -0.25) is 9.11 Å². The highest BCUT2D eigenvalue weighted by molar-refractivity contribution is 7.86. The number of benzene rings is 8. The summed E-state index contributed by atoms with van der Waals surface area (Å²) in [5.74, 6) is 0.681. The second-order valence-corrected chi connectivity index (χ2v) is 19.0. The van der Waals surface area contributed by atoms with Crippen LogP contribution in [0.2, 0.25) is 0 Å². The van der Waals surface area contributed by atoms with E-state index < -0.39 is 30.0 Å². The molecule has 8 aromatic carbocycles. The first kappa shape index (κ1) is 47.4. The molecule has 0 unspecified atom stereocenters. The number of nitrogens with one attached hydrogen (secondary N) is 1. The van der Waals surface area contributed by atoms with Crippen LogP contribution in [0.4, 0.5) is 51.2 Å². The quantitative estimate of drug-likeness (QED) is 0.0486. The third-order valence-electron chi connectivity index (χ3n) is 11.1. The number of aromatic hydroxyl groups is 1. The minimum Gasteiger partial charge on any atom is -0.505 e. The summed E-state index contributed by atoms with van der Waals surface area (Å²) in [4.78, 5) is 4.58. The molecule has 0 saturated heterocycles. The van der Waals surface area contributed by atoms with E-state index in [1.165, 1.54) is 12.1 Å². The Labute approximate surface area is 397 Å². The summed E-state index contributed by atoms with van der Waals surface area (Å²) in [5.41, 5.74) is 11.6. The number of phenols is 1. The number of hydrogen-bond donors (Lipinski definition) is 4. The summed E-state index contributed by atoms with van der Waals surface area (Å²) in [6.07, 6.45) is 0. The molecular weight excluding hydrogens is 919 g/mol. The van der Waals surface area contributed by atoms with Crippen LogP contribution in [0.3, 0.4) is 0 Å². The molecule has 0 radical (unpaired) electrons. The molecule has 4 N–H and O–H groups in total. The van der Waals surface area contributed by atoms with Crippen LogP contribution in [0.1, 0.15) is 33.4 Å². The molecule has 8 aromatic rings. The van der Waals surface area contributed by atoms with Crippen molar-refractivity contribution in [3.63, 3.8) is 0 Å². The Morgan fingerprint density at radius 2 is 0.841 bits per heavy atom. The molecule has 19 heteroatoms. The SMILES string of the molecule is Cc1cc(N=Nc2cc(C)c(N=Nc3ccc4cc(NOc5ccccc5)ccc4c3O)cc2C)c(C)cc1N=Nc1cc(C)c(N=Nc2cc3c(S(=O)(=O)O)cccc3cc2S(=O)(=O)O)cc1C. The van der Waals surface area contributed by atoms with Crippen LogP contribution in [-0.4, -0.2) is 31.0 Å². The van der Waals surface area contributed by atoms with E-state index in [0.717, 1.165) is 51.5 Å². The summed E-state index contributed by atoms with van der Waals surface area (Å²) < 4.78 is 68.4. The molecule has 0 atom stereocenters. The van der Waals surface area contributed by atoms with Gasteiger partial charge in [-0.15, -0.1) is 10.2 Å². The van der Waals surface area contributed by atoms with Crippen LogP contribution in [-0.2, 0) is 20.2 Å². The molecule has 0 saturated carbocycles. The van der Waals surface area contributed by atoms with E-state index in [0.29, 0.717) is 62.1 Å². The van der Waals surface area contributed by atoms with Crippen LogP contribution in [0.25, 0.3) is 21.5 Å². The molecule has 8 rings (SSSR count). The highest BCUT2D eigenvalue weighted by Crippen LogP contribution is 2.40. The lowest BCUT2D eigenvalue weighted by Gasteiger charge is -2.10. The average Bonchev–Trinajstić information content (AvgIpc) is 3.31. The summed E-state index contributed by atoms with van der Waals surface area (Å²) in [6, 6.07) is 35.4. The maximum absolute atomic E-state index is 12.3. The highest BCUT2D eigenvalue weighted by Gasteiger charge is 2.21. The molecule has 17 nitrogen and oxygen atoms in total. The second kappa shape index (κ2) is 19.2. The van der Waals surface area contributed by atoms with E-state index in [4.69, 9.17) is 4.84 Å². The first-order chi connectivity index (χ1) is 32.8. The van der Waals surface area contributed by atoms with Crippen molar-refractivity contribution in [3.05, 3.63) is 161 Å². The lowest BCUT2D eigenvalue weighted by atomic mass is 10.1. The van der Waals surface area contributed by atoms with E-state index >= 15 is 0 Å². The van der Waals surface area contributed by atoms with Crippen molar-refractivity contribution in [3.8, 4) is 11.5 Å². The van der Waals surface area contributed by atoms with Crippen molar-refractivity contribution in [2.45, 2.75) is 51.3 Å². The van der Waals surface area contributed by atoms with E-state index in [1.807, 2.05) is 94.4 Å². The monoisotopic (exact) mass is 961 g/mol. The minimum absolute atomic E-state index is 0.00907. The zero-order valence-corrected chi connectivity index (χ0v) is 39.5. The largest absolute Gasteiger partial charge is 0.505 e. The third-order valence-corrected chi connectivity index (χ3v) is 12.9. The van der Waals surface area contributed by atoms with Gasteiger partial charge >= 0.3 is 0 Å². The summed E-state index contributed by atoms with van der Waals surface area (Å²) in [5, 5.41) is 47.9. The lowest BCUT2D eigenvalue weighted by molar-refractivity contribution is 0.405. The normalized spacial score (nSPS) is 12.4. The van der Waals surface area contributed by atoms with Crippen molar-refractivity contribution in [1.82, 2.24) is 0 Å². The van der Waals surface area contributed by atoms with Crippen LogP contribution < -0.4 is 10.3 Å². The fraction of sp³-hybridized carbons (Fsp3) is 0.120. The second-order valence-electron chi connectivity index (χ2n) is 16.2.